The van der Waals surface area contributed by atoms with Crippen molar-refractivity contribution in [1.82, 2.24) is 14.8 Å². The first-order valence-electron chi connectivity index (χ1n) is 9.62. The fourth-order valence-corrected chi connectivity index (χ4v) is 4.79. The first-order valence-corrected chi connectivity index (χ1v) is 10.8. The molecular formula is C21H21ClN6O2S. The first kappa shape index (κ1) is 21.2. The van der Waals surface area contributed by atoms with Gasteiger partial charge in [-0.25, -0.2) is 4.79 Å². The Labute approximate surface area is 188 Å². The number of aromatic nitrogens is 3. The molecule has 31 heavy (non-hydrogen) atoms. The second-order valence-electron chi connectivity index (χ2n) is 7.30. The van der Waals surface area contributed by atoms with Crippen molar-refractivity contribution < 1.29 is 9.63 Å². The number of carbonyl (C=O) groups excluding carboxylic acids is 1. The van der Waals surface area contributed by atoms with Crippen LogP contribution < -0.4 is 5.73 Å². The van der Waals surface area contributed by atoms with Gasteiger partial charge in [0.15, 0.2) is 5.82 Å². The zero-order valence-electron chi connectivity index (χ0n) is 17.5. The lowest BCUT2D eigenvalue weighted by atomic mass is 9.99. The number of aliphatic imine (C=N–C) groups is 1. The molecule has 10 heteroatoms. The fraction of sp³-hybridized carbons (Fsp3) is 0.286. The lowest BCUT2D eigenvalue weighted by Gasteiger charge is -2.11. The van der Waals surface area contributed by atoms with Gasteiger partial charge in [-0.1, -0.05) is 28.9 Å². The van der Waals surface area contributed by atoms with E-state index in [0.29, 0.717) is 10.8 Å². The van der Waals surface area contributed by atoms with Crippen LogP contribution in [0, 0.1) is 20.8 Å². The Morgan fingerprint density at radius 3 is 2.65 bits per heavy atom. The number of halogens is 1. The summed E-state index contributed by atoms with van der Waals surface area (Å²) in [5.41, 5.74) is 9.27. The number of fused-ring (bicyclic) bond motifs is 3. The molecule has 2 N–H and O–H groups in total. The molecule has 3 aromatic rings. The monoisotopic (exact) mass is 456 g/mol. The van der Waals surface area contributed by atoms with E-state index in [1.165, 1.54) is 4.88 Å². The van der Waals surface area contributed by atoms with Crippen LogP contribution in [-0.2, 0) is 9.63 Å². The highest BCUT2D eigenvalue weighted by Crippen LogP contribution is 2.39. The molecule has 0 spiro atoms. The zero-order valence-corrected chi connectivity index (χ0v) is 19.1. The maximum absolute atomic E-state index is 12.4. The summed E-state index contributed by atoms with van der Waals surface area (Å²) in [4.78, 5) is 23.5. The lowest BCUT2D eigenvalue weighted by Crippen LogP contribution is -2.14. The van der Waals surface area contributed by atoms with Crippen molar-refractivity contribution >= 4 is 40.5 Å². The van der Waals surface area contributed by atoms with Crippen molar-refractivity contribution in [1.29, 1.82) is 0 Å². The number of nitrogens with zero attached hydrogens (tertiary/aromatic N) is 5. The molecule has 1 atom stereocenters. The number of rotatable bonds is 4. The summed E-state index contributed by atoms with van der Waals surface area (Å²) in [6.45, 7) is 7.58. The predicted molar refractivity (Wildman–Crippen MR) is 121 cm³/mol. The summed E-state index contributed by atoms with van der Waals surface area (Å²) >= 11 is 7.76. The van der Waals surface area contributed by atoms with Gasteiger partial charge in [-0.3, -0.25) is 9.56 Å². The maximum Gasteiger partial charge on any atom is 0.337 e. The average Bonchev–Trinajstić information content (AvgIpc) is 3.19. The molecule has 1 aliphatic rings. The Hall–Kier alpha value is -3.04. The molecule has 4 rings (SSSR count). The van der Waals surface area contributed by atoms with Gasteiger partial charge in [0.2, 0.25) is 0 Å². The summed E-state index contributed by atoms with van der Waals surface area (Å²) in [6, 6.07) is 6.90. The molecule has 8 nitrogen and oxygen atoms in total. The van der Waals surface area contributed by atoms with E-state index < -0.39 is 12.0 Å². The summed E-state index contributed by atoms with van der Waals surface area (Å²) in [5, 5.41) is 13.8. The van der Waals surface area contributed by atoms with Crippen molar-refractivity contribution in [3.05, 3.63) is 62.5 Å². The third-order valence-corrected chi connectivity index (χ3v) is 6.45. The van der Waals surface area contributed by atoms with Gasteiger partial charge in [0.25, 0.3) is 0 Å². The van der Waals surface area contributed by atoms with Crippen LogP contribution in [0.4, 0.5) is 0 Å². The van der Waals surface area contributed by atoms with Crippen molar-refractivity contribution in [3.8, 4) is 5.00 Å². The Kier molecular flexibility index (Phi) is 5.63. The van der Waals surface area contributed by atoms with Gasteiger partial charge in [0, 0.05) is 21.0 Å². The van der Waals surface area contributed by atoms with Gasteiger partial charge in [-0.2, -0.15) is 0 Å². The van der Waals surface area contributed by atoms with Crippen LogP contribution in [0.1, 0.15) is 52.6 Å². The van der Waals surface area contributed by atoms with E-state index in [1.807, 2.05) is 35.8 Å². The number of aryl methyl sites for hydroxylation is 2. The minimum atomic E-state index is -0.605. The smallest absolute Gasteiger partial charge is 0.337 e. The number of amidine groups is 1. The van der Waals surface area contributed by atoms with Crippen LogP contribution in [0.5, 0.6) is 0 Å². The molecule has 0 fully saturated rings. The first-order chi connectivity index (χ1) is 14.8. The van der Waals surface area contributed by atoms with Gasteiger partial charge in [-0.15, -0.1) is 21.5 Å². The Bertz CT molecular complexity index is 1220. The molecule has 0 saturated heterocycles. The second kappa shape index (κ2) is 8.24. The standard InChI is InChI=1S/C21H21ClN6O2S/c1-10-11(2)31-21-18(10)19(14-5-7-15(22)8-6-14)24-16(9-17(29)30-27-12(3)23)20-26-25-13(4)28(20)21/h5-8,16H,9H2,1-4H3,(H2,23,27)/t16-/m0/s1. The van der Waals surface area contributed by atoms with Crippen molar-refractivity contribution in [3.63, 3.8) is 0 Å². The van der Waals surface area contributed by atoms with Crippen LogP contribution in [0.25, 0.3) is 5.00 Å². The average molecular weight is 457 g/mol. The van der Waals surface area contributed by atoms with Crippen LogP contribution >= 0.6 is 22.9 Å². The number of thiophene rings is 1. The molecule has 0 unspecified atom stereocenters. The molecule has 160 valence electrons. The minimum absolute atomic E-state index is 0.0566. The zero-order chi connectivity index (χ0) is 22.3. The van der Waals surface area contributed by atoms with Crippen molar-refractivity contribution in [2.45, 2.75) is 40.2 Å². The molecular weight excluding hydrogens is 436 g/mol. The van der Waals surface area contributed by atoms with Crippen molar-refractivity contribution in [2.75, 3.05) is 0 Å². The SMILES string of the molecule is C/C(N)=N\OC(=O)C[C@@H]1N=C(c2ccc(Cl)cc2)c2c(sc(C)c2C)-n2c(C)nnc21. The Balaban J connectivity index is 1.90. The topological polar surface area (TPSA) is 108 Å². The largest absolute Gasteiger partial charge is 0.385 e. The third kappa shape index (κ3) is 3.98. The number of nitrogens with two attached hydrogens (primary N) is 1. The van der Waals surface area contributed by atoms with Crippen molar-refractivity contribution in [2.24, 2.45) is 15.9 Å². The van der Waals surface area contributed by atoms with Gasteiger partial charge >= 0.3 is 5.97 Å². The molecule has 0 aliphatic carbocycles. The number of hydrogen-bond acceptors (Lipinski definition) is 7. The van der Waals surface area contributed by atoms with Crippen LogP contribution in [0.3, 0.4) is 0 Å². The normalized spacial score (nSPS) is 15.7. The van der Waals surface area contributed by atoms with E-state index in [4.69, 9.17) is 27.2 Å². The highest BCUT2D eigenvalue weighted by molar-refractivity contribution is 7.15. The van der Waals surface area contributed by atoms with Crippen LogP contribution in [-0.4, -0.2) is 32.3 Å². The molecule has 1 aliphatic heterocycles. The Morgan fingerprint density at radius 1 is 1.26 bits per heavy atom. The van der Waals surface area contributed by atoms with E-state index in [-0.39, 0.29) is 12.3 Å². The van der Waals surface area contributed by atoms with E-state index in [2.05, 4.69) is 29.2 Å². The van der Waals surface area contributed by atoms with Crippen LogP contribution in [0.2, 0.25) is 5.02 Å². The lowest BCUT2D eigenvalue weighted by molar-refractivity contribution is -0.144. The van der Waals surface area contributed by atoms with Gasteiger partial charge in [0.05, 0.1) is 12.1 Å². The highest BCUT2D eigenvalue weighted by Gasteiger charge is 2.32. The predicted octanol–water partition coefficient (Wildman–Crippen LogP) is 4.02. The summed E-state index contributed by atoms with van der Waals surface area (Å²) in [5.74, 6) is 0.903. The van der Waals surface area contributed by atoms with Gasteiger partial charge in [0.1, 0.15) is 22.7 Å². The molecule has 0 radical (unpaired) electrons. The Morgan fingerprint density at radius 2 is 1.97 bits per heavy atom. The van der Waals surface area contributed by atoms with Crippen LogP contribution in [0.15, 0.2) is 34.4 Å². The summed E-state index contributed by atoms with van der Waals surface area (Å²) in [7, 11) is 0. The minimum Gasteiger partial charge on any atom is -0.385 e. The summed E-state index contributed by atoms with van der Waals surface area (Å²) in [6.07, 6.45) is -0.0566. The van der Waals surface area contributed by atoms with E-state index in [9.17, 15) is 4.79 Å². The van der Waals surface area contributed by atoms with E-state index in [1.54, 1.807) is 18.3 Å². The molecule has 3 heterocycles. The number of benzene rings is 1. The second-order valence-corrected chi connectivity index (χ2v) is 8.94. The number of hydrogen-bond donors (Lipinski definition) is 1. The third-order valence-electron chi connectivity index (χ3n) is 5.01. The van der Waals surface area contributed by atoms with E-state index in [0.717, 1.165) is 33.2 Å². The number of carbonyl (C=O) groups is 1. The van der Waals surface area contributed by atoms with Gasteiger partial charge in [-0.05, 0) is 45.4 Å². The number of oxime groups is 1. The molecule has 0 saturated carbocycles. The molecule has 0 bridgehead atoms. The molecule has 2 aromatic heterocycles. The maximum atomic E-state index is 12.4. The quantitative estimate of drug-likeness (QED) is 0.276. The van der Waals surface area contributed by atoms with Gasteiger partial charge < -0.3 is 10.6 Å². The molecule has 0 amide bonds. The highest BCUT2D eigenvalue weighted by atomic mass is 35.5. The van der Waals surface area contributed by atoms with E-state index >= 15 is 0 Å². The summed E-state index contributed by atoms with van der Waals surface area (Å²) < 4.78 is 1.97. The molecule has 1 aromatic carbocycles. The fourth-order valence-electron chi connectivity index (χ4n) is 3.45.